The number of nitrogens with one attached hydrogen (secondary N) is 1. The molecule has 55 heavy (non-hydrogen) atoms. The van der Waals surface area contributed by atoms with E-state index in [-0.39, 0.29) is 32.0 Å². The minimum absolute atomic E-state index is 0.00382. The van der Waals surface area contributed by atoms with Gasteiger partial charge < -0.3 is 25.0 Å². The van der Waals surface area contributed by atoms with Gasteiger partial charge in [-0.3, -0.25) is 19.1 Å². The molecule has 0 bridgehead atoms. The molecule has 0 saturated carbocycles. The van der Waals surface area contributed by atoms with E-state index in [1.54, 1.807) is 41.2 Å². The van der Waals surface area contributed by atoms with E-state index in [2.05, 4.69) is 53.4 Å². The highest BCUT2D eigenvalue weighted by Crippen LogP contribution is 2.37. The molecule has 3 aromatic heterocycles. The maximum Gasteiger partial charge on any atom is 0.262 e. The summed E-state index contributed by atoms with van der Waals surface area (Å²) in [5.41, 5.74) is 10.3. The molecule has 0 aliphatic rings. The number of nitriles is 1. The van der Waals surface area contributed by atoms with E-state index in [1.165, 1.54) is 6.20 Å². The van der Waals surface area contributed by atoms with Crippen molar-refractivity contribution in [2.75, 3.05) is 33.4 Å². The minimum atomic E-state index is -0.127. The topological polar surface area (TPSA) is 145 Å². The smallest absolute Gasteiger partial charge is 0.262 e. The minimum Gasteiger partial charge on any atom is -0.488 e. The molecule has 0 spiro atoms. The summed E-state index contributed by atoms with van der Waals surface area (Å²) in [4.78, 5) is 23.8. The number of aromatic nitrogens is 3. The zero-order valence-electron chi connectivity index (χ0n) is 31.1. The summed E-state index contributed by atoms with van der Waals surface area (Å²) < 4.78 is 14.1. The number of halogens is 1. The quantitative estimate of drug-likeness (QED) is 0.0972. The van der Waals surface area contributed by atoms with Gasteiger partial charge >= 0.3 is 0 Å². The van der Waals surface area contributed by atoms with E-state index >= 15 is 0 Å². The largest absolute Gasteiger partial charge is 0.488 e. The van der Waals surface area contributed by atoms with Crippen molar-refractivity contribution in [3.8, 4) is 39.8 Å². The second-order valence-electron chi connectivity index (χ2n) is 13.3. The number of aliphatic hydroxyl groups excluding tert-OH is 2. The first-order valence-electron chi connectivity index (χ1n) is 17.9. The number of hydrogen-bond donors (Lipinski definition) is 3. The van der Waals surface area contributed by atoms with Crippen molar-refractivity contribution in [3.63, 3.8) is 0 Å². The second-order valence-corrected chi connectivity index (χ2v) is 13.7. The number of hydrogen-bond acceptors (Lipinski definition) is 10. The Morgan fingerprint density at radius 3 is 2.42 bits per heavy atom. The average Bonchev–Trinajstić information content (AvgIpc) is 3.19. The van der Waals surface area contributed by atoms with Gasteiger partial charge in [-0.1, -0.05) is 48.0 Å². The fourth-order valence-electron chi connectivity index (χ4n) is 6.51. The molecule has 0 radical (unpaired) electrons. The Morgan fingerprint density at radius 2 is 1.64 bits per heavy atom. The molecule has 0 fully saturated rings. The predicted molar refractivity (Wildman–Crippen MR) is 213 cm³/mol. The maximum absolute atomic E-state index is 13.2. The molecule has 0 amide bonds. The third kappa shape index (κ3) is 9.20. The van der Waals surface area contributed by atoms with E-state index in [0.717, 1.165) is 50.1 Å². The van der Waals surface area contributed by atoms with Crippen LogP contribution >= 0.6 is 11.6 Å². The molecule has 0 saturated heterocycles. The van der Waals surface area contributed by atoms with Crippen molar-refractivity contribution < 1.29 is 19.7 Å². The van der Waals surface area contributed by atoms with Crippen LogP contribution in [0, 0.1) is 25.2 Å². The Morgan fingerprint density at radius 1 is 0.873 bits per heavy atom. The lowest BCUT2D eigenvalue weighted by Gasteiger charge is -2.18. The number of benzene rings is 3. The Kier molecular flexibility index (Phi) is 12.9. The van der Waals surface area contributed by atoms with E-state index in [1.807, 2.05) is 42.3 Å². The van der Waals surface area contributed by atoms with E-state index in [4.69, 9.17) is 21.1 Å². The molecule has 3 N–H and O–H groups in total. The van der Waals surface area contributed by atoms with Gasteiger partial charge in [-0.05, 0) is 84.1 Å². The molecule has 0 atom stereocenters. The van der Waals surface area contributed by atoms with Crippen molar-refractivity contribution in [2.24, 2.45) is 0 Å². The van der Waals surface area contributed by atoms with Gasteiger partial charge in [0.05, 0.1) is 29.4 Å². The number of fused-ring (bicyclic) bond motifs is 1. The molecular formula is C43H43ClN6O5. The predicted octanol–water partition coefficient (Wildman–Crippen LogP) is 6.23. The van der Waals surface area contributed by atoms with Gasteiger partial charge in [-0.15, -0.1) is 0 Å². The lowest BCUT2D eigenvalue weighted by molar-refractivity contribution is 0.216. The SMILES string of the molecule is Cc1c(COc2cc(OCc3cncc(C#N)c3)c(CNCCO)cc2Cl)cccc1-c1cccc(-c2ccn3c(=O)c(CN(C)CCO)cnc3c2)c1C. The van der Waals surface area contributed by atoms with Gasteiger partial charge in [0.1, 0.15) is 36.4 Å². The van der Waals surface area contributed by atoms with E-state index < -0.39 is 0 Å². The van der Waals surface area contributed by atoms with Crippen molar-refractivity contribution in [2.45, 2.75) is 40.2 Å². The molecule has 282 valence electrons. The van der Waals surface area contributed by atoms with E-state index in [9.17, 15) is 20.3 Å². The Bertz CT molecular complexity index is 2410. The van der Waals surface area contributed by atoms with Crippen LogP contribution in [0.3, 0.4) is 0 Å². The fraction of sp³-hybridized carbons (Fsp3) is 0.256. The fourth-order valence-corrected chi connectivity index (χ4v) is 6.75. The van der Waals surface area contributed by atoms with Gasteiger partial charge in [0.15, 0.2) is 0 Å². The summed E-state index contributed by atoms with van der Waals surface area (Å²) >= 11 is 6.75. The summed E-state index contributed by atoms with van der Waals surface area (Å²) in [6.07, 6.45) is 6.55. The van der Waals surface area contributed by atoms with Crippen LogP contribution in [0.2, 0.25) is 5.02 Å². The summed E-state index contributed by atoms with van der Waals surface area (Å²) in [5.74, 6) is 1.02. The zero-order chi connectivity index (χ0) is 38.9. The zero-order valence-corrected chi connectivity index (χ0v) is 31.8. The van der Waals surface area contributed by atoms with Crippen molar-refractivity contribution in [1.82, 2.24) is 24.6 Å². The molecule has 11 nitrogen and oxygen atoms in total. The number of pyridine rings is 2. The molecule has 0 unspecified atom stereocenters. The number of rotatable bonds is 16. The standard InChI is InChI=1S/C43H43ClN6O5/c1-28-33(27-55-41-19-40(34(17-39(41)44)23-46-11-14-51)54-26-31-16-30(20-45)21-47-22-31)6-4-8-37(28)38-9-5-7-36(29(38)2)32-10-12-50-42(18-32)48-24-35(43(50)53)25-49(3)13-15-52/h4-10,12,16-19,21-22,24,46,51-52H,11,13-15,23,25-27H2,1-3H3. The maximum atomic E-state index is 13.2. The van der Waals surface area contributed by atoms with Crippen molar-refractivity contribution in [3.05, 3.63) is 146 Å². The molecule has 0 aliphatic heterocycles. The van der Waals surface area contributed by atoms with Crippen LogP contribution in [0.5, 0.6) is 11.5 Å². The van der Waals surface area contributed by atoms with Crippen LogP contribution in [0.25, 0.3) is 27.9 Å². The highest BCUT2D eigenvalue weighted by atomic mass is 35.5. The normalized spacial score (nSPS) is 11.2. The van der Waals surface area contributed by atoms with Gasteiger partial charge in [0, 0.05) is 68.2 Å². The van der Waals surface area contributed by atoms with E-state index in [0.29, 0.717) is 59.5 Å². The first-order valence-corrected chi connectivity index (χ1v) is 18.3. The third-order valence-corrected chi connectivity index (χ3v) is 9.80. The molecule has 0 aliphatic carbocycles. The summed E-state index contributed by atoms with van der Waals surface area (Å²) in [6.45, 7) is 6.35. The molecule has 3 heterocycles. The summed E-state index contributed by atoms with van der Waals surface area (Å²) in [6, 6.07) is 23.7. The second kappa shape index (κ2) is 18.1. The van der Waals surface area contributed by atoms with Crippen LogP contribution in [0.15, 0.2) is 96.3 Å². The van der Waals surface area contributed by atoms with Gasteiger partial charge in [0.25, 0.3) is 5.56 Å². The highest BCUT2D eigenvalue weighted by molar-refractivity contribution is 6.32. The molecule has 6 aromatic rings. The van der Waals surface area contributed by atoms with Gasteiger partial charge in [0.2, 0.25) is 0 Å². The third-order valence-electron chi connectivity index (χ3n) is 9.50. The van der Waals surface area contributed by atoms with Crippen molar-refractivity contribution in [1.29, 1.82) is 5.26 Å². The Balaban J connectivity index is 1.24. The van der Waals surface area contributed by atoms with Crippen LogP contribution < -0.4 is 20.3 Å². The Labute approximate surface area is 325 Å². The van der Waals surface area contributed by atoms with Crippen LogP contribution in [0.1, 0.15) is 38.9 Å². The van der Waals surface area contributed by atoms with Gasteiger partial charge in [-0.2, -0.15) is 5.26 Å². The molecule has 6 rings (SSSR count). The van der Waals surface area contributed by atoms with Crippen LogP contribution in [-0.4, -0.2) is 62.8 Å². The Hall–Kier alpha value is -5.61. The van der Waals surface area contributed by atoms with Crippen LogP contribution in [-0.2, 0) is 26.3 Å². The number of nitrogens with zero attached hydrogens (tertiary/aromatic N) is 5. The highest BCUT2D eigenvalue weighted by Gasteiger charge is 2.16. The van der Waals surface area contributed by atoms with Crippen LogP contribution in [0.4, 0.5) is 0 Å². The average molecular weight is 759 g/mol. The molecule has 3 aromatic carbocycles. The number of ether oxygens (including phenoxy) is 2. The molecule has 12 heteroatoms. The number of likely N-dealkylation sites (N-methyl/N-ethyl adjacent to an activating group) is 1. The van der Waals surface area contributed by atoms with Crippen molar-refractivity contribution >= 4 is 17.2 Å². The lowest BCUT2D eigenvalue weighted by atomic mass is 9.90. The first-order chi connectivity index (χ1) is 26.7. The first kappa shape index (κ1) is 39.1. The molecular weight excluding hydrogens is 716 g/mol. The summed E-state index contributed by atoms with van der Waals surface area (Å²) in [5, 5.41) is 31.4. The monoisotopic (exact) mass is 758 g/mol. The van der Waals surface area contributed by atoms with Gasteiger partial charge in [-0.25, -0.2) is 4.98 Å². The number of aliphatic hydroxyl groups is 2. The summed E-state index contributed by atoms with van der Waals surface area (Å²) in [7, 11) is 1.86. The lowest BCUT2D eigenvalue weighted by Crippen LogP contribution is -2.27.